The van der Waals surface area contributed by atoms with Crippen molar-refractivity contribution in [3.05, 3.63) is 7.05 Å². The molecule has 0 aromatic heterocycles. The molecule has 1 rings (SSSR count). The number of hydrogen-bond donors (Lipinski definition) is 0. The first-order chi connectivity index (χ1) is 4.22. The largest absolute Gasteiger partial charge is 0.451 e. The molecule has 1 aliphatic heterocycles. The van der Waals surface area contributed by atoms with E-state index < -0.39 is 0 Å². The standard InChI is InChI=1S/C7H14NO/c1-6-4-9-5-7(2)8(6)3/h6-7H,3-5H2,1-2H3/q-1/t6-,7+. The quantitative estimate of drug-likeness (QED) is 0.449. The van der Waals surface area contributed by atoms with E-state index >= 15 is 0 Å². The van der Waals surface area contributed by atoms with Gasteiger partial charge in [0.25, 0.3) is 0 Å². The summed E-state index contributed by atoms with van der Waals surface area (Å²) in [6.45, 7) is 5.91. The first-order valence-electron chi connectivity index (χ1n) is 3.38. The van der Waals surface area contributed by atoms with Crippen LogP contribution >= 0.6 is 0 Å². The molecule has 0 aromatic carbocycles. The third-order valence-corrected chi connectivity index (χ3v) is 1.85. The number of nitrogens with zero attached hydrogens (tertiary/aromatic N) is 1. The number of rotatable bonds is 0. The number of ether oxygens (including phenoxy) is 1. The van der Waals surface area contributed by atoms with Crippen molar-refractivity contribution in [2.45, 2.75) is 25.9 Å². The maximum absolute atomic E-state index is 5.28. The van der Waals surface area contributed by atoms with E-state index in [0.29, 0.717) is 12.1 Å². The van der Waals surface area contributed by atoms with Gasteiger partial charge in [-0.15, -0.1) is 0 Å². The summed E-state index contributed by atoms with van der Waals surface area (Å²) in [6.07, 6.45) is 0. The van der Waals surface area contributed by atoms with E-state index in [1.807, 2.05) is 0 Å². The maximum atomic E-state index is 5.28. The highest BCUT2D eigenvalue weighted by Crippen LogP contribution is 2.09. The van der Waals surface area contributed by atoms with Crippen LogP contribution in [0.1, 0.15) is 13.8 Å². The van der Waals surface area contributed by atoms with Gasteiger partial charge in [0.15, 0.2) is 0 Å². The summed E-state index contributed by atoms with van der Waals surface area (Å²) in [4.78, 5) is 2.10. The van der Waals surface area contributed by atoms with E-state index in [2.05, 4.69) is 25.8 Å². The van der Waals surface area contributed by atoms with Gasteiger partial charge in [-0.3, -0.25) is 7.05 Å². The van der Waals surface area contributed by atoms with Crippen molar-refractivity contribution in [3.8, 4) is 0 Å². The van der Waals surface area contributed by atoms with E-state index in [4.69, 9.17) is 4.74 Å². The highest BCUT2D eigenvalue weighted by atomic mass is 16.5. The minimum absolute atomic E-state index is 0.480. The molecule has 0 N–H and O–H groups in total. The Kier molecular flexibility index (Phi) is 2.09. The van der Waals surface area contributed by atoms with Crippen LogP contribution in [0, 0.1) is 7.05 Å². The Balaban J connectivity index is 2.41. The van der Waals surface area contributed by atoms with E-state index in [-0.39, 0.29) is 0 Å². The van der Waals surface area contributed by atoms with Crippen molar-refractivity contribution in [1.29, 1.82) is 0 Å². The zero-order chi connectivity index (χ0) is 6.85. The summed E-state index contributed by atoms with van der Waals surface area (Å²) in [6, 6.07) is 0.961. The Morgan fingerprint density at radius 3 is 2.11 bits per heavy atom. The Morgan fingerprint density at radius 1 is 1.33 bits per heavy atom. The molecule has 0 aromatic rings. The lowest BCUT2D eigenvalue weighted by molar-refractivity contribution is -0.0134. The number of morpholine rings is 1. The van der Waals surface area contributed by atoms with Crippen molar-refractivity contribution in [1.82, 2.24) is 4.90 Å². The first kappa shape index (κ1) is 7.03. The molecule has 0 spiro atoms. The van der Waals surface area contributed by atoms with Crippen molar-refractivity contribution in [2.24, 2.45) is 0 Å². The fraction of sp³-hybridized carbons (Fsp3) is 0.857. The van der Waals surface area contributed by atoms with Gasteiger partial charge in [-0.2, -0.15) is 0 Å². The Bertz CT molecular complexity index is 84.9. The summed E-state index contributed by atoms with van der Waals surface area (Å²) in [5.41, 5.74) is 0. The fourth-order valence-electron chi connectivity index (χ4n) is 1.04. The van der Waals surface area contributed by atoms with Gasteiger partial charge in [-0.05, 0) is 13.8 Å². The normalized spacial score (nSPS) is 39.0. The molecule has 1 saturated heterocycles. The lowest BCUT2D eigenvalue weighted by Gasteiger charge is -2.42. The van der Waals surface area contributed by atoms with E-state index in [1.165, 1.54) is 0 Å². The van der Waals surface area contributed by atoms with Gasteiger partial charge in [-0.1, -0.05) is 0 Å². The van der Waals surface area contributed by atoms with Crippen LogP contribution < -0.4 is 0 Å². The molecule has 2 atom stereocenters. The van der Waals surface area contributed by atoms with Crippen LogP contribution in [0.3, 0.4) is 0 Å². The molecule has 2 heteroatoms. The van der Waals surface area contributed by atoms with E-state index in [9.17, 15) is 0 Å². The van der Waals surface area contributed by atoms with Crippen molar-refractivity contribution >= 4 is 0 Å². The highest BCUT2D eigenvalue weighted by molar-refractivity contribution is 4.76. The maximum Gasteiger partial charge on any atom is 0.0596 e. The van der Waals surface area contributed by atoms with Crippen LogP contribution in [0.5, 0.6) is 0 Å². The fourth-order valence-corrected chi connectivity index (χ4v) is 1.04. The predicted molar refractivity (Wildman–Crippen MR) is 36.9 cm³/mol. The molecule has 0 radical (unpaired) electrons. The van der Waals surface area contributed by atoms with Crippen LogP contribution in [-0.2, 0) is 4.74 Å². The van der Waals surface area contributed by atoms with Crippen LogP contribution in [0.15, 0.2) is 0 Å². The second kappa shape index (κ2) is 2.67. The Hall–Kier alpha value is -0.0800. The lowest BCUT2D eigenvalue weighted by atomic mass is 10.2. The molecule has 54 valence electrons. The van der Waals surface area contributed by atoms with E-state index in [0.717, 1.165) is 13.2 Å². The second-order valence-electron chi connectivity index (χ2n) is 2.75. The van der Waals surface area contributed by atoms with Gasteiger partial charge >= 0.3 is 0 Å². The average molecular weight is 128 g/mol. The summed E-state index contributed by atoms with van der Waals surface area (Å²) < 4.78 is 5.28. The molecule has 0 saturated carbocycles. The SMILES string of the molecule is [CH2-]N1[C@H](C)COC[C@@H]1C. The molecule has 0 aliphatic carbocycles. The molecule has 1 aliphatic rings. The third kappa shape index (κ3) is 1.43. The van der Waals surface area contributed by atoms with Crippen LogP contribution in [0.2, 0.25) is 0 Å². The van der Waals surface area contributed by atoms with Gasteiger partial charge in [0.2, 0.25) is 0 Å². The number of hydrogen-bond acceptors (Lipinski definition) is 2. The average Bonchev–Trinajstić information content (AvgIpc) is 1.83. The molecule has 2 nitrogen and oxygen atoms in total. The lowest BCUT2D eigenvalue weighted by Crippen LogP contribution is -2.45. The monoisotopic (exact) mass is 128 g/mol. The van der Waals surface area contributed by atoms with Crippen LogP contribution in [0.4, 0.5) is 0 Å². The minimum atomic E-state index is 0.480. The van der Waals surface area contributed by atoms with Crippen molar-refractivity contribution in [2.75, 3.05) is 13.2 Å². The smallest absolute Gasteiger partial charge is 0.0596 e. The van der Waals surface area contributed by atoms with E-state index in [1.54, 1.807) is 0 Å². The first-order valence-corrected chi connectivity index (χ1v) is 3.38. The topological polar surface area (TPSA) is 12.5 Å². The molecule has 9 heavy (non-hydrogen) atoms. The summed E-state index contributed by atoms with van der Waals surface area (Å²) >= 11 is 0. The van der Waals surface area contributed by atoms with Gasteiger partial charge in [0.05, 0.1) is 13.2 Å². The summed E-state index contributed by atoms with van der Waals surface area (Å²) in [7, 11) is 3.91. The predicted octanol–water partition coefficient (Wildman–Crippen LogP) is 0.887. The summed E-state index contributed by atoms with van der Waals surface area (Å²) in [5, 5.41) is 0. The molecule has 0 amide bonds. The van der Waals surface area contributed by atoms with Gasteiger partial charge < -0.3 is 9.64 Å². The highest BCUT2D eigenvalue weighted by Gasteiger charge is 2.15. The zero-order valence-electron chi connectivity index (χ0n) is 6.13. The second-order valence-corrected chi connectivity index (χ2v) is 2.75. The summed E-state index contributed by atoms with van der Waals surface area (Å²) in [5.74, 6) is 0. The van der Waals surface area contributed by atoms with Crippen LogP contribution in [0.25, 0.3) is 0 Å². The molecule has 0 unspecified atom stereocenters. The third-order valence-electron chi connectivity index (χ3n) is 1.85. The van der Waals surface area contributed by atoms with Gasteiger partial charge in [-0.25, -0.2) is 0 Å². The molecular weight excluding hydrogens is 114 g/mol. The van der Waals surface area contributed by atoms with Gasteiger partial charge in [0.1, 0.15) is 0 Å². The van der Waals surface area contributed by atoms with Gasteiger partial charge in [0, 0.05) is 12.1 Å². The molecule has 1 fully saturated rings. The van der Waals surface area contributed by atoms with Crippen LogP contribution in [-0.4, -0.2) is 30.2 Å². The molecular formula is C7H14NO-. The van der Waals surface area contributed by atoms with Crippen molar-refractivity contribution in [3.63, 3.8) is 0 Å². The Morgan fingerprint density at radius 2 is 1.78 bits per heavy atom. The zero-order valence-corrected chi connectivity index (χ0v) is 6.13. The molecule has 0 bridgehead atoms. The molecule has 1 heterocycles. The Labute approximate surface area is 56.8 Å². The minimum Gasteiger partial charge on any atom is -0.451 e. The van der Waals surface area contributed by atoms with Crippen molar-refractivity contribution < 1.29 is 4.74 Å².